The molecule has 1 aliphatic heterocycles. The van der Waals surface area contributed by atoms with Gasteiger partial charge in [-0.25, -0.2) is 0 Å². The summed E-state index contributed by atoms with van der Waals surface area (Å²) < 4.78 is 16.1. The molecule has 0 saturated carbocycles. The predicted molar refractivity (Wildman–Crippen MR) is 65.8 cm³/mol. The highest BCUT2D eigenvalue weighted by molar-refractivity contribution is 5.47. The largest absolute Gasteiger partial charge is 0.486 e. The van der Waals surface area contributed by atoms with Gasteiger partial charge >= 0.3 is 0 Å². The Kier molecular flexibility index (Phi) is 4.23. The Balaban J connectivity index is 2.01. The molecule has 0 radical (unpaired) electrons. The summed E-state index contributed by atoms with van der Waals surface area (Å²) in [4.78, 5) is 0. The molecule has 2 rings (SSSR count). The molecule has 0 aliphatic carbocycles. The fourth-order valence-electron chi connectivity index (χ4n) is 1.90. The van der Waals surface area contributed by atoms with E-state index in [1.54, 1.807) is 7.11 Å². The summed E-state index contributed by atoms with van der Waals surface area (Å²) in [5.74, 6) is 1.73. The van der Waals surface area contributed by atoms with Crippen LogP contribution in [0.15, 0.2) is 12.1 Å². The Bertz CT molecular complexity index is 379. The van der Waals surface area contributed by atoms with Crippen LogP contribution in [0.5, 0.6) is 11.5 Å². The Morgan fingerprint density at radius 2 is 1.94 bits per heavy atom. The molecule has 1 aromatic rings. The number of aryl methyl sites for hydroxylation is 1. The molecular weight excluding hydrogens is 218 g/mol. The zero-order valence-electron chi connectivity index (χ0n) is 10.4. The number of benzene rings is 1. The number of hydrogen-bond acceptors (Lipinski definition) is 4. The fraction of sp³-hybridized carbons (Fsp3) is 0.538. The molecule has 1 N–H and O–H groups in total. The minimum atomic E-state index is 0.587. The van der Waals surface area contributed by atoms with Crippen LogP contribution in [0.1, 0.15) is 11.1 Å². The Labute approximate surface area is 102 Å². The summed E-state index contributed by atoms with van der Waals surface area (Å²) in [6.07, 6.45) is 0.964. The van der Waals surface area contributed by atoms with E-state index in [-0.39, 0.29) is 0 Å². The fourth-order valence-corrected chi connectivity index (χ4v) is 1.90. The van der Waals surface area contributed by atoms with E-state index in [0.717, 1.165) is 24.5 Å². The van der Waals surface area contributed by atoms with E-state index < -0.39 is 0 Å². The number of rotatable bonds is 5. The van der Waals surface area contributed by atoms with Crippen molar-refractivity contribution in [3.05, 3.63) is 23.3 Å². The normalized spacial score (nSPS) is 13.8. The van der Waals surface area contributed by atoms with E-state index in [1.165, 1.54) is 11.1 Å². The van der Waals surface area contributed by atoms with Crippen LogP contribution in [-0.2, 0) is 11.2 Å². The van der Waals surface area contributed by atoms with Gasteiger partial charge in [-0.3, -0.25) is 5.32 Å². The molecule has 4 heteroatoms. The molecule has 0 aromatic heterocycles. The highest BCUT2D eigenvalue weighted by Gasteiger charge is 2.13. The summed E-state index contributed by atoms with van der Waals surface area (Å²) in [6.45, 7) is 4.86. The molecule has 1 heterocycles. The molecule has 0 unspecified atom stereocenters. The lowest BCUT2D eigenvalue weighted by atomic mass is 10.0. The maximum atomic E-state index is 5.58. The minimum Gasteiger partial charge on any atom is -0.486 e. The van der Waals surface area contributed by atoms with Crippen LogP contribution in [0.4, 0.5) is 0 Å². The lowest BCUT2D eigenvalue weighted by Crippen LogP contribution is -2.20. The molecule has 1 aromatic carbocycles. The van der Waals surface area contributed by atoms with Gasteiger partial charge in [0.1, 0.15) is 13.2 Å². The molecule has 1 aliphatic rings. The first kappa shape index (κ1) is 12.2. The van der Waals surface area contributed by atoms with Crippen molar-refractivity contribution >= 4 is 0 Å². The number of ether oxygens (including phenoxy) is 3. The van der Waals surface area contributed by atoms with Gasteiger partial charge in [-0.2, -0.15) is 0 Å². The van der Waals surface area contributed by atoms with E-state index in [0.29, 0.717) is 19.9 Å². The van der Waals surface area contributed by atoms with Crippen LogP contribution in [0.2, 0.25) is 0 Å². The van der Waals surface area contributed by atoms with Crippen LogP contribution in [-0.4, -0.2) is 33.6 Å². The van der Waals surface area contributed by atoms with Crippen LogP contribution in [0.25, 0.3) is 0 Å². The van der Waals surface area contributed by atoms with Gasteiger partial charge in [-0.15, -0.1) is 0 Å². The minimum absolute atomic E-state index is 0.587. The molecule has 0 atom stereocenters. The topological polar surface area (TPSA) is 39.7 Å². The average molecular weight is 237 g/mol. The second-order valence-electron chi connectivity index (χ2n) is 4.11. The quantitative estimate of drug-likeness (QED) is 0.622. The maximum Gasteiger partial charge on any atom is 0.161 e. The van der Waals surface area contributed by atoms with Crippen molar-refractivity contribution in [2.45, 2.75) is 13.3 Å². The highest BCUT2D eigenvalue weighted by atomic mass is 16.6. The molecular formula is C13H19NO3. The van der Waals surface area contributed by atoms with Crippen LogP contribution in [0.3, 0.4) is 0 Å². The SMILES string of the molecule is COCNCCc1cc2c(cc1C)OCCO2. The Hall–Kier alpha value is -1.26. The molecule has 0 bridgehead atoms. The maximum absolute atomic E-state index is 5.58. The van der Waals surface area contributed by atoms with E-state index in [4.69, 9.17) is 14.2 Å². The second kappa shape index (κ2) is 5.89. The van der Waals surface area contributed by atoms with Gasteiger partial charge in [0.2, 0.25) is 0 Å². The molecule has 0 fully saturated rings. The first-order chi connectivity index (χ1) is 8.31. The Morgan fingerprint density at radius 1 is 1.24 bits per heavy atom. The van der Waals surface area contributed by atoms with Crippen molar-refractivity contribution in [3.63, 3.8) is 0 Å². The van der Waals surface area contributed by atoms with E-state index >= 15 is 0 Å². The lowest BCUT2D eigenvalue weighted by molar-refractivity contribution is 0.171. The van der Waals surface area contributed by atoms with Crippen LogP contribution < -0.4 is 14.8 Å². The number of fused-ring (bicyclic) bond motifs is 1. The third-order valence-electron chi connectivity index (χ3n) is 2.82. The van der Waals surface area contributed by atoms with E-state index in [9.17, 15) is 0 Å². The average Bonchev–Trinajstić information content (AvgIpc) is 2.35. The first-order valence-corrected chi connectivity index (χ1v) is 5.90. The van der Waals surface area contributed by atoms with Crippen LogP contribution in [0, 0.1) is 6.92 Å². The third-order valence-corrected chi connectivity index (χ3v) is 2.82. The Morgan fingerprint density at radius 3 is 2.65 bits per heavy atom. The third kappa shape index (κ3) is 3.11. The number of hydrogen-bond donors (Lipinski definition) is 1. The lowest BCUT2D eigenvalue weighted by Gasteiger charge is -2.20. The summed E-state index contributed by atoms with van der Waals surface area (Å²) in [5, 5.41) is 3.20. The zero-order valence-corrected chi connectivity index (χ0v) is 10.4. The van der Waals surface area contributed by atoms with Crippen LogP contribution >= 0.6 is 0 Å². The van der Waals surface area contributed by atoms with Crippen molar-refractivity contribution in [2.24, 2.45) is 0 Å². The van der Waals surface area contributed by atoms with Gasteiger partial charge in [0.15, 0.2) is 11.5 Å². The van der Waals surface area contributed by atoms with Crippen molar-refractivity contribution in [1.29, 1.82) is 0 Å². The summed E-state index contributed by atoms with van der Waals surface area (Å²) >= 11 is 0. The summed E-state index contributed by atoms with van der Waals surface area (Å²) in [5.41, 5.74) is 2.53. The predicted octanol–water partition coefficient (Wildman–Crippen LogP) is 1.50. The highest BCUT2D eigenvalue weighted by Crippen LogP contribution is 2.32. The van der Waals surface area contributed by atoms with Gasteiger partial charge < -0.3 is 14.2 Å². The molecule has 17 heavy (non-hydrogen) atoms. The van der Waals surface area contributed by atoms with Gasteiger partial charge in [0.25, 0.3) is 0 Å². The smallest absolute Gasteiger partial charge is 0.161 e. The second-order valence-corrected chi connectivity index (χ2v) is 4.11. The summed E-state index contributed by atoms with van der Waals surface area (Å²) in [7, 11) is 1.68. The first-order valence-electron chi connectivity index (χ1n) is 5.90. The van der Waals surface area contributed by atoms with E-state index in [2.05, 4.69) is 24.4 Å². The molecule has 4 nitrogen and oxygen atoms in total. The molecule has 94 valence electrons. The zero-order chi connectivity index (χ0) is 12.1. The molecule has 0 saturated heterocycles. The molecule has 0 spiro atoms. The van der Waals surface area contributed by atoms with Gasteiger partial charge in [-0.1, -0.05) is 0 Å². The van der Waals surface area contributed by atoms with Gasteiger partial charge in [0, 0.05) is 13.7 Å². The molecule has 0 amide bonds. The monoisotopic (exact) mass is 237 g/mol. The van der Waals surface area contributed by atoms with Crippen molar-refractivity contribution < 1.29 is 14.2 Å². The standard InChI is InChI=1S/C13H19NO3/c1-10-7-12-13(17-6-5-16-12)8-11(10)3-4-14-9-15-2/h7-8,14H,3-6,9H2,1-2H3. The summed E-state index contributed by atoms with van der Waals surface area (Å²) in [6, 6.07) is 4.14. The van der Waals surface area contributed by atoms with Crippen molar-refractivity contribution in [1.82, 2.24) is 5.32 Å². The van der Waals surface area contributed by atoms with Gasteiger partial charge in [0.05, 0.1) is 6.73 Å². The van der Waals surface area contributed by atoms with Crippen molar-refractivity contribution in [3.8, 4) is 11.5 Å². The van der Waals surface area contributed by atoms with E-state index in [1.807, 2.05) is 0 Å². The van der Waals surface area contributed by atoms with Crippen molar-refractivity contribution in [2.75, 3.05) is 33.6 Å². The van der Waals surface area contributed by atoms with Gasteiger partial charge in [-0.05, 0) is 36.6 Å². The number of methoxy groups -OCH3 is 1. The number of nitrogens with one attached hydrogen (secondary N) is 1.